The molecule has 2 aromatic carbocycles. The van der Waals surface area contributed by atoms with Crippen LogP contribution in [-0.4, -0.2) is 79.8 Å². The van der Waals surface area contributed by atoms with Gasteiger partial charge in [0.05, 0.1) is 24.5 Å². The van der Waals surface area contributed by atoms with Crippen molar-refractivity contribution in [1.29, 1.82) is 0 Å². The minimum absolute atomic E-state index is 0.00937. The molecule has 0 aliphatic carbocycles. The van der Waals surface area contributed by atoms with Gasteiger partial charge in [-0.05, 0) is 106 Å². The number of carbonyl (C=O) groups excluding carboxylic acids is 4. The molecule has 2 rings (SSSR count). The fourth-order valence-electron chi connectivity index (χ4n) is 4.27. The summed E-state index contributed by atoms with van der Waals surface area (Å²) in [5, 5.41) is 16.2. The number of amides is 3. The number of hydrogen-bond acceptors (Lipinski definition) is 11. The Hall–Kier alpha value is -4.22. The average molecular weight is 745 g/mol. The predicted octanol–water partition coefficient (Wildman–Crippen LogP) is 6.30. The molecule has 0 spiro atoms. The van der Waals surface area contributed by atoms with Crippen molar-refractivity contribution in [3.63, 3.8) is 0 Å². The highest BCUT2D eigenvalue weighted by molar-refractivity contribution is 8.54. The van der Waals surface area contributed by atoms with Crippen molar-refractivity contribution in [3.8, 4) is 12.3 Å². The first-order valence-electron chi connectivity index (χ1n) is 16.5. The molecule has 0 saturated heterocycles. The van der Waals surface area contributed by atoms with Crippen molar-refractivity contribution in [3.05, 3.63) is 54.1 Å². The third-order valence-electron chi connectivity index (χ3n) is 6.83. The van der Waals surface area contributed by atoms with Gasteiger partial charge in [0.1, 0.15) is 11.6 Å². The van der Waals surface area contributed by atoms with E-state index in [2.05, 4.69) is 32.1 Å². The average Bonchev–Trinajstić information content (AvgIpc) is 3.06. The molecule has 3 amide bonds. The van der Waals surface area contributed by atoms with E-state index < -0.39 is 36.3 Å². The fourth-order valence-corrected chi connectivity index (χ4v) is 6.62. The number of unbranched alkanes of at least 4 members (excludes halogenated alkanes) is 1. The van der Waals surface area contributed by atoms with Crippen LogP contribution in [0.5, 0.6) is 0 Å². The van der Waals surface area contributed by atoms with Crippen molar-refractivity contribution in [2.45, 2.75) is 70.9 Å². The van der Waals surface area contributed by atoms with Gasteiger partial charge in [0.2, 0.25) is 11.8 Å². The lowest BCUT2D eigenvalue weighted by Gasteiger charge is -2.20. The van der Waals surface area contributed by atoms with Crippen LogP contribution in [0.2, 0.25) is 0 Å². The summed E-state index contributed by atoms with van der Waals surface area (Å²) in [7, 11) is 3.91. The molecule has 0 aliphatic heterocycles. The second-order valence-electron chi connectivity index (χ2n) is 12.5. The first kappa shape index (κ1) is 42.9. The highest BCUT2D eigenvalue weighted by Gasteiger charge is 2.23. The normalized spacial score (nSPS) is 13.0. The number of nitrogens with one attached hydrogen (secondary N) is 3. The Kier molecular flexibility index (Phi) is 18.4. The van der Waals surface area contributed by atoms with E-state index in [-0.39, 0.29) is 50.4 Å². The van der Waals surface area contributed by atoms with Crippen LogP contribution in [0.3, 0.4) is 0 Å². The zero-order valence-corrected chi connectivity index (χ0v) is 31.6. The number of rotatable bonds is 21. The molecule has 51 heavy (non-hydrogen) atoms. The SMILES string of the molecule is C#CCNC(=O)C(CCCCNC(=O)OC(C)(C)C)NC(=O)CCSP(=O)(O)OCCCC(=O)c1ccc(N=Nc2ccc(N(C)C)cc2)cc1. The van der Waals surface area contributed by atoms with E-state index in [9.17, 15) is 28.6 Å². The number of carbonyl (C=O) groups is 4. The van der Waals surface area contributed by atoms with Crippen LogP contribution in [0.4, 0.5) is 21.9 Å². The summed E-state index contributed by atoms with van der Waals surface area (Å²) >= 11 is 0.591. The maximum Gasteiger partial charge on any atom is 0.407 e. The van der Waals surface area contributed by atoms with E-state index in [1.807, 2.05) is 43.3 Å². The molecular formula is C35H49N6O8PS. The lowest BCUT2D eigenvalue weighted by Crippen LogP contribution is -2.47. The molecule has 0 bridgehead atoms. The predicted molar refractivity (Wildman–Crippen MR) is 200 cm³/mol. The van der Waals surface area contributed by atoms with Gasteiger partial charge in [-0.3, -0.25) is 14.4 Å². The molecule has 16 heteroatoms. The number of ketones is 1. The summed E-state index contributed by atoms with van der Waals surface area (Å²) in [4.78, 5) is 61.7. The van der Waals surface area contributed by atoms with Crippen LogP contribution in [0.15, 0.2) is 58.8 Å². The number of anilines is 1. The molecule has 0 aliphatic rings. The molecule has 2 aromatic rings. The van der Waals surface area contributed by atoms with Crippen LogP contribution < -0.4 is 20.9 Å². The topological polar surface area (TPSA) is 188 Å². The second-order valence-corrected chi connectivity index (χ2v) is 16.6. The number of benzene rings is 2. The number of terminal acetylenes is 1. The Morgan fingerprint density at radius 2 is 1.59 bits per heavy atom. The van der Waals surface area contributed by atoms with E-state index in [4.69, 9.17) is 15.7 Å². The van der Waals surface area contributed by atoms with Crippen LogP contribution in [0.1, 0.15) is 69.7 Å². The van der Waals surface area contributed by atoms with Crippen LogP contribution in [0, 0.1) is 12.3 Å². The van der Waals surface area contributed by atoms with E-state index >= 15 is 0 Å². The smallest absolute Gasteiger partial charge is 0.407 e. The lowest BCUT2D eigenvalue weighted by atomic mass is 10.1. The summed E-state index contributed by atoms with van der Waals surface area (Å²) in [5.41, 5.74) is 2.20. The van der Waals surface area contributed by atoms with Gasteiger partial charge in [0, 0.05) is 50.5 Å². The van der Waals surface area contributed by atoms with Gasteiger partial charge in [-0.1, -0.05) is 5.92 Å². The molecular weight excluding hydrogens is 695 g/mol. The second kappa shape index (κ2) is 21.9. The van der Waals surface area contributed by atoms with Crippen molar-refractivity contribution in [1.82, 2.24) is 16.0 Å². The Labute approximate surface area is 304 Å². The molecule has 0 fully saturated rings. The van der Waals surface area contributed by atoms with Gasteiger partial charge in [0.15, 0.2) is 5.78 Å². The minimum atomic E-state index is -4.09. The highest BCUT2D eigenvalue weighted by Crippen LogP contribution is 2.55. The van der Waals surface area contributed by atoms with Gasteiger partial charge in [0.25, 0.3) is 0 Å². The van der Waals surface area contributed by atoms with Gasteiger partial charge in [-0.25, -0.2) is 9.36 Å². The summed E-state index contributed by atoms with van der Waals surface area (Å²) < 4.78 is 22.8. The zero-order chi connectivity index (χ0) is 37.9. The van der Waals surface area contributed by atoms with Crippen molar-refractivity contribution >= 4 is 58.9 Å². The Morgan fingerprint density at radius 3 is 2.18 bits per heavy atom. The standard InChI is InChI=1S/C35H49N6O8PS/c1-7-22-36-33(44)30(11-8-9-23-37-34(45)49-35(2,3)4)38-32(43)21-25-51-50(46,47)48-24-10-12-31(42)26-13-15-27(16-14-26)39-40-28-17-19-29(20-18-28)41(5)6/h1,13-20,30H,8-12,21-25H2,2-6H3,(H,36,44)(H,37,45)(H,38,43)(H,46,47). The van der Waals surface area contributed by atoms with Crippen LogP contribution in [0.25, 0.3) is 0 Å². The Balaban J connectivity index is 1.71. The highest BCUT2D eigenvalue weighted by atomic mass is 32.7. The molecule has 0 aromatic heterocycles. The quantitative estimate of drug-likeness (QED) is 0.0371. The van der Waals surface area contributed by atoms with Gasteiger partial charge < -0.3 is 35.0 Å². The number of alkyl carbamates (subject to hydrolysis) is 1. The molecule has 2 unspecified atom stereocenters. The Bertz CT molecular complexity index is 1560. The summed E-state index contributed by atoms with van der Waals surface area (Å²) in [5.74, 6) is 1.16. The van der Waals surface area contributed by atoms with E-state index in [1.54, 1.807) is 45.0 Å². The maximum absolute atomic E-state index is 12.6. The van der Waals surface area contributed by atoms with Gasteiger partial charge >= 0.3 is 12.9 Å². The molecule has 2 atom stereocenters. The minimum Gasteiger partial charge on any atom is -0.444 e. The lowest BCUT2D eigenvalue weighted by molar-refractivity contribution is -0.128. The fraction of sp³-hybridized carbons (Fsp3) is 0.486. The van der Waals surface area contributed by atoms with Crippen molar-refractivity contribution in [2.75, 3.05) is 44.4 Å². The van der Waals surface area contributed by atoms with Gasteiger partial charge in [-0.15, -0.1) is 6.42 Å². The van der Waals surface area contributed by atoms with Crippen LogP contribution >= 0.6 is 18.2 Å². The third kappa shape index (κ3) is 18.5. The van der Waals surface area contributed by atoms with E-state index in [1.165, 1.54) is 0 Å². The summed E-state index contributed by atoms with van der Waals surface area (Å²) in [6.07, 6.45) is 6.19. The molecule has 4 N–H and O–H groups in total. The molecule has 278 valence electrons. The first-order chi connectivity index (χ1) is 24.1. The number of azo groups is 1. The number of Topliss-reactive ketones (excluding diaryl/α,β-unsaturated/α-hetero) is 1. The molecule has 0 saturated carbocycles. The summed E-state index contributed by atoms with van der Waals surface area (Å²) in [6, 6.07) is 13.4. The number of hydrogen-bond donors (Lipinski definition) is 4. The number of ether oxygens (including phenoxy) is 1. The van der Waals surface area contributed by atoms with Crippen molar-refractivity contribution in [2.24, 2.45) is 10.2 Å². The first-order valence-corrected chi connectivity index (χ1v) is 19.7. The third-order valence-corrected chi connectivity index (χ3v) is 9.89. The molecule has 0 radical (unpaired) electrons. The maximum atomic E-state index is 12.6. The molecule has 0 heterocycles. The largest absolute Gasteiger partial charge is 0.444 e. The summed E-state index contributed by atoms with van der Waals surface area (Å²) in [6.45, 7) is 1.38. The number of nitrogens with zero attached hydrogens (tertiary/aromatic N) is 3. The molecule has 14 nitrogen and oxygen atoms in total. The van der Waals surface area contributed by atoms with E-state index in [0.717, 1.165) is 5.69 Å². The van der Waals surface area contributed by atoms with E-state index in [0.29, 0.717) is 47.7 Å². The monoisotopic (exact) mass is 744 g/mol. The van der Waals surface area contributed by atoms with Crippen LogP contribution in [-0.2, 0) is 23.4 Å². The zero-order valence-electron chi connectivity index (χ0n) is 29.8. The Morgan fingerprint density at radius 1 is 0.961 bits per heavy atom. The van der Waals surface area contributed by atoms with Crippen molar-refractivity contribution < 1.29 is 37.9 Å². The van der Waals surface area contributed by atoms with Gasteiger partial charge in [-0.2, -0.15) is 10.2 Å².